The molecule has 1 aliphatic rings. The van der Waals surface area contributed by atoms with Gasteiger partial charge < -0.3 is 0 Å². The average Bonchev–Trinajstić information content (AvgIpc) is 2.46. The number of benzene rings is 1. The largest absolute Gasteiger partial charge is 0.245 e. The molecular formula is C14H19ClFNO2S. The maximum Gasteiger partial charge on any atom is 0.245 e. The molecule has 0 aliphatic carbocycles. The van der Waals surface area contributed by atoms with Gasteiger partial charge in [-0.05, 0) is 36.5 Å². The van der Waals surface area contributed by atoms with Crippen molar-refractivity contribution in [3.8, 4) is 0 Å². The smallest absolute Gasteiger partial charge is 0.207 e. The lowest BCUT2D eigenvalue weighted by Gasteiger charge is -2.30. The van der Waals surface area contributed by atoms with Crippen LogP contribution in [0.15, 0.2) is 23.1 Å². The summed E-state index contributed by atoms with van der Waals surface area (Å²) in [5.41, 5.74) is 0.577. The fourth-order valence-electron chi connectivity index (χ4n) is 2.53. The average molecular weight is 320 g/mol. The minimum atomic E-state index is -3.73. The van der Waals surface area contributed by atoms with Gasteiger partial charge in [-0.25, -0.2) is 12.8 Å². The van der Waals surface area contributed by atoms with E-state index >= 15 is 0 Å². The van der Waals surface area contributed by atoms with Crippen LogP contribution in [-0.2, 0) is 15.9 Å². The van der Waals surface area contributed by atoms with Crippen LogP contribution in [0.2, 0.25) is 0 Å². The van der Waals surface area contributed by atoms with Crippen LogP contribution in [0.1, 0.15) is 31.7 Å². The van der Waals surface area contributed by atoms with Gasteiger partial charge in [-0.15, -0.1) is 11.6 Å². The zero-order valence-electron chi connectivity index (χ0n) is 11.5. The van der Waals surface area contributed by atoms with E-state index in [0.717, 1.165) is 19.3 Å². The number of halogens is 2. The Morgan fingerprint density at radius 2 is 2.00 bits per heavy atom. The Bertz CT molecular complexity index is 569. The predicted molar refractivity (Wildman–Crippen MR) is 77.7 cm³/mol. The fraction of sp³-hybridized carbons (Fsp3) is 0.571. The highest BCUT2D eigenvalue weighted by Gasteiger charge is 2.30. The van der Waals surface area contributed by atoms with Gasteiger partial charge in [0.1, 0.15) is 10.7 Å². The summed E-state index contributed by atoms with van der Waals surface area (Å²) in [6.07, 6.45) is 2.75. The Labute approximate surface area is 124 Å². The van der Waals surface area contributed by atoms with E-state index in [9.17, 15) is 12.8 Å². The number of hydrogen-bond donors (Lipinski definition) is 0. The van der Waals surface area contributed by atoms with Crippen LogP contribution in [0, 0.1) is 11.7 Å². The molecule has 0 N–H and O–H groups in total. The van der Waals surface area contributed by atoms with Gasteiger partial charge in [0, 0.05) is 19.0 Å². The molecule has 1 aliphatic heterocycles. The third-order valence-corrected chi connectivity index (χ3v) is 6.16. The Balaban J connectivity index is 2.23. The van der Waals surface area contributed by atoms with E-state index in [1.165, 1.54) is 16.4 Å². The van der Waals surface area contributed by atoms with E-state index in [0.29, 0.717) is 24.6 Å². The maximum atomic E-state index is 14.0. The molecule has 1 fully saturated rings. The zero-order chi connectivity index (χ0) is 14.8. The van der Waals surface area contributed by atoms with Crippen molar-refractivity contribution in [2.75, 3.05) is 13.1 Å². The summed E-state index contributed by atoms with van der Waals surface area (Å²) in [7, 11) is -3.73. The van der Waals surface area contributed by atoms with Gasteiger partial charge in [0.15, 0.2) is 0 Å². The first kappa shape index (κ1) is 15.7. The van der Waals surface area contributed by atoms with E-state index < -0.39 is 15.8 Å². The summed E-state index contributed by atoms with van der Waals surface area (Å²) in [4.78, 5) is -0.249. The van der Waals surface area contributed by atoms with Gasteiger partial charge in [-0.3, -0.25) is 0 Å². The highest BCUT2D eigenvalue weighted by molar-refractivity contribution is 7.89. The fourth-order valence-corrected chi connectivity index (χ4v) is 4.21. The third-order valence-electron chi connectivity index (χ3n) is 3.92. The summed E-state index contributed by atoms with van der Waals surface area (Å²) in [5, 5.41) is 0. The van der Waals surface area contributed by atoms with Crippen molar-refractivity contribution in [1.29, 1.82) is 0 Å². The van der Waals surface area contributed by atoms with Crippen LogP contribution in [0.5, 0.6) is 0 Å². The Morgan fingerprint density at radius 3 is 2.50 bits per heavy atom. The number of hydrogen-bond acceptors (Lipinski definition) is 2. The normalized spacial score (nSPS) is 18.4. The Morgan fingerprint density at radius 1 is 1.35 bits per heavy atom. The number of alkyl halides is 1. The molecule has 0 amide bonds. The van der Waals surface area contributed by atoms with Gasteiger partial charge in [0.2, 0.25) is 10.0 Å². The van der Waals surface area contributed by atoms with Crippen molar-refractivity contribution in [3.63, 3.8) is 0 Å². The van der Waals surface area contributed by atoms with Crippen molar-refractivity contribution in [2.24, 2.45) is 5.92 Å². The number of nitrogens with zero attached hydrogens (tertiary/aromatic N) is 1. The van der Waals surface area contributed by atoms with Gasteiger partial charge in [0.05, 0.1) is 0 Å². The minimum Gasteiger partial charge on any atom is -0.207 e. The first-order valence-electron chi connectivity index (χ1n) is 6.83. The van der Waals surface area contributed by atoms with E-state index in [1.807, 2.05) is 0 Å². The summed E-state index contributed by atoms with van der Waals surface area (Å²) in [6, 6.07) is 4.06. The van der Waals surface area contributed by atoms with Crippen LogP contribution in [0.4, 0.5) is 4.39 Å². The lowest BCUT2D eigenvalue weighted by atomic mass is 9.96. The molecule has 1 heterocycles. The minimum absolute atomic E-state index is 0.166. The molecule has 0 spiro atoms. The highest BCUT2D eigenvalue weighted by Crippen LogP contribution is 2.27. The lowest BCUT2D eigenvalue weighted by molar-refractivity contribution is 0.268. The number of piperidine rings is 1. The summed E-state index contributed by atoms with van der Waals surface area (Å²) in [6.45, 7) is 3.05. The molecule has 2 rings (SSSR count). The van der Waals surface area contributed by atoms with Crippen molar-refractivity contribution in [3.05, 3.63) is 29.6 Å². The van der Waals surface area contributed by atoms with Gasteiger partial charge in [0.25, 0.3) is 0 Å². The van der Waals surface area contributed by atoms with E-state index in [4.69, 9.17) is 11.6 Å². The first-order chi connectivity index (χ1) is 9.48. The van der Waals surface area contributed by atoms with Crippen molar-refractivity contribution in [1.82, 2.24) is 4.31 Å². The molecule has 1 saturated heterocycles. The molecular weight excluding hydrogens is 301 g/mol. The number of sulfonamides is 1. The van der Waals surface area contributed by atoms with Gasteiger partial charge >= 0.3 is 0 Å². The highest BCUT2D eigenvalue weighted by atomic mass is 35.5. The monoisotopic (exact) mass is 319 g/mol. The molecule has 1 aromatic carbocycles. The van der Waals surface area contributed by atoms with Crippen LogP contribution in [-0.4, -0.2) is 25.8 Å². The SMILES string of the molecule is CCC1CCN(S(=O)(=O)c2ccc(CCl)cc2F)CC1. The Hall–Kier alpha value is -0.650. The predicted octanol–water partition coefficient (Wildman–Crippen LogP) is 3.38. The van der Waals surface area contributed by atoms with Gasteiger partial charge in [-0.2, -0.15) is 4.31 Å². The van der Waals surface area contributed by atoms with E-state index in [1.54, 1.807) is 6.07 Å². The lowest BCUT2D eigenvalue weighted by Crippen LogP contribution is -2.38. The molecule has 112 valence electrons. The molecule has 0 saturated carbocycles. The molecule has 0 radical (unpaired) electrons. The maximum absolute atomic E-state index is 14.0. The van der Waals surface area contributed by atoms with Crippen LogP contribution in [0.25, 0.3) is 0 Å². The van der Waals surface area contributed by atoms with Gasteiger partial charge in [-0.1, -0.05) is 19.4 Å². The van der Waals surface area contributed by atoms with Crippen LogP contribution in [0.3, 0.4) is 0 Å². The molecule has 6 heteroatoms. The van der Waals surface area contributed by atoms with Crippen molar-refractivity contribution in [2.45, 2.75) is 37.0 Å². The quantitative estimate of drug-likeness (QED) is 0.798. The standard InChI is InChI=1S/C14H19ClFNO2S/c1-2-11-5-7-17(8-6-11)20(18,19)14-4-3-12(10-15)9-13(14)16/h3-4,9,11H,2,5-8,10H2,1H3. The molecule has 0 aromatic heterocycles. The molecule has 0 unspecified atom stereocenters. The van der Waals surface area contributed by atoms with Crippen molar-refractivity contribution >= 4 is 21.6 Å². The topological polar surface area (TPSA) is 37.4 Å². The molecule has 20 heavy (non-hydrogen) atoms. The molecule has 3 nitrogen and oxygen atoms in total. The van der Waals surface area contributed by atoms with Crippen molar-refractivity contribution < 1.29 is 12.8 Å². The third kappa shape index (κ3) is 3.15. The first-order valence-corrected chi connectivity index (χ1v) is 8.81. The number of rotatable bonds is 4. The Kier molecular flexibility index (Phi) is 5.04. The van der Waals surface area contributed by atoms with Crippen LogP contribution >= 0.6 is 11.6 Å². The zero-order valence-corrected chi connectivity index (χ0v) is 13.1. The van der Waals surface area contributed by atoms with Crippen LogP contribution < -0.4 is 0 Å². The second kappa shape index (κ2) is 6.41. The second-order valence-corrected chi connectivity index (χ2v) is 7.33. The van der Waals surface area contributed by atoms with E-state index in [2.05, 4.69) is 6.92 Å². The molecule has 1 aromatic rings. The second-order valence-electron chi connectivity index (χ2n) is 5.15. The van der Waals surface area contributed by atoms with E-state index in [-0.39, 0.29) is 10.8 Å². The molecule has 0 atom stereocenters. The molecule has 0 bridgehead atoms. The summed E-state index contributed by atoms with van der Waals surface area (Å²) < 4.78 is 40.3. The summed E-state index contributed by atoms with van der Waals surface area (Å²) >= 11 is 5.62. The summed E-state index contributed by atoms with van der Waals surface area (Å²) in [5.74, 6) is 0.0183.